The zero-order chi connectivity index (χ0) is 13.5. The molecule has 2 rings (SSSR count). The summed E-state index contributed by atoms with van der Waals surface area (Å²) in [6.07, 6.45) is -0.497. The van der Waals surface area contributed by atoms with Gasteiger partial charge in [0, 0.05) is 16.3 Å². The van der Waals surface area contributed by atoms with E-state index in [1.165, 1.54) is 0 Å². The first-order valence-corrected chi connectivity index (χ1v) is 7.07. The lowest BCUT2D eigenvalue weighted by atomic mass is 10.3. The number of benzene rings is 2. The van der Waals surface area contributed by atoms with E-state index < -0.39 is 6.10 Å². The number of nitrogens with two attached hydrogens (primary N) is 1. The van der Waals surface area contributed by atoms with Crippen LogP contribution >= 0.6 is 11.8 Å². The van der Waals surface area contributed by atoms with E-state index >= 15 is 0 Å². The van der Waals surface area contributed by atoms with Crippen LogP contribution in [0.15, 0.2) is 59.5 Å². The van der Waals surface area contributed by atoms with Gasteiger partial charge in [0.05, 0.1) is 6.10 Å². The van der Waals surface area contributed by atoms with Gasteiger partial charge in [-0.05, 0) is 36.4 Å². The van der Waals surface area contributed by atoms with E-state index in [2.05, 4.69) is 0 Å². The standard InChI is InChI=1S/C15H17NO2S/c16-12-6-8-14(9-7-12)18-10-13(17)11-19-15-4-2-1-3-5-15/h1-9,13,17H,10-11,16H2. The first kappa shape index (κ1) is 13.8. The summed E-state index contributed by atoms with van der Waals surface area (Å²) in [6.45, 7) is 0.281. The van der Waals surface area contributed by atoms with Crippen LogP contribution in [0.5, 0.6) is 5.75 Å². The van der Waals surface area contributed by atoms with Gasteiger partial charge >= 0.3 is 0 Å². The summed E-state index contributed by atoms with van der Waals surface area (Å²) in [4.78, 5) is 1.15. The van der Waals surface area contributed by atoms with Gasteiger partial charge in [-0.3, -0.25) is 0 Å². The summed E-state index contributed by atoms with van der Waals surface area (Å²) < 4.78 is 5.49. The average Bonchev–Trinajstić information content (AvgIpc) is 2.45. The molecule has 0 aliphatic heterocycles. The van der Waals surface area contributed by atoms with E-state index in [9.17, 15) is 5.11 Å². The van der Waals surface area contributed by atoms with Crippen molar-refractivity contribution in [1.29, 1.82) is 0 Å². The van der Waals surface area contributed by atoms with Gasteiger partial charge in [-0.15, -0.1) is 11.8 Å². The second-order valence-corrected chi connectivity index (χ2v) is 5.25. The maximum atomic E-state index is 9.86. The van der Waals surface area contributed by atoms with Gasteiger partial charge in [0.1, 0.15) is 12.4 Å². The lowest BCUT2D eigenvalue weighted by molar-refractivity contribution is 0.126. The Morgan fingerprint density at radius 1 is 1.05 bits per heavy atom. The van der Waals surface area contributed by atoms with Crippen molar-refractivity contribution in [2.45, 2.75) is 11.0 Å². The molecule has 0 aliphatic carbocycles. The molecule has 0 saturated carbocycles. The number of aliphatic hydroxyl groups is 1. The Labute approximate surface area is 117 Å². The van der Waals surface area contributed by atoms with Crippen LogP contribution in [-0.2, 0) is 0 Å². The van der Waals surface area contributed by atoms with E-state index in [4.69, 9.17) is 10.5 Å². The van der Waals surface area contributed by atoms with Crippen molar-refractivity contribution in [3.8, 4) is 5.75 Å². The summed E-state index contributed by atoms with van der Waals surface area (Å²) in [5.74, 6) is 1.33. The second kappa shape index (κ2) is 7.07. The van der Waals surface area contributed by atoms with Gasteiger partial charge in [-0.25, -0.2) is 0 Å². The van der Waals surface area contributed by atoms with Crippen LogP contribution < -0.4 is 10.5 Å². The fourth-order valence-electron chi connectivity index (χ4n) is 1.51. The molecule has 0 fully saturated rings. The molecule has 3 nitrogen and oxygen atoms in total. The van der Waals surface area contributed by atoms with Crippen LogP contribution in [0.2, 0.25) is 0 Å². The first-order chi connectivity index (χ1) is 9.24. The van der Waals surface area contributed by atoms with Gasteiger partial charge in [-0.1, -0.05) is 18.2 Å². The van der Waals surface area contributed by atoms with Crippen LogP contribution in [0.25, 0.3) is 0 Å². The molecule has 0 radical (unpaired) electrons. The molecule has 0 bridgehead atoms. The van der Waals surface area contributed by atoms with E-state index in [0.29, 0.717) is 11.4 Å². The molecule has 0 amide bonds. The number of ether oxygens (including phenoxy) is 1. The molecule has 4 heteroatoms. The van der Waals surface area contributed by atoms with Crippen molar-refractivity contribution in [1.82, 2.24) is 0 Å². The molecule has 3 N–H and O–H groups in total. The number of rotatable bonds is 6. The van der Waals surface area contributed by atoms with Crippen molar-refractivity contribution in [2.75, 3.05) is 18.1 Å². The van der Waals surface area contributed by atoms with Crippen molar-refractivity contribution >= 4 is 17.4 Å². The van der Waals surface area contributed by atoms with Gasteiger partial charge < -0.3 is 15.6 Å². The quantitative estimate of drug-likeness (QED) is 0.629. The van der Waals surface area contributed by atoms with Crippen LogP contribution in [-0.4, -0.2) is 23.6 Å². The zero-order valence-corrected chi connectivity index (χ0v) is 11.3. The average molecular weight is 275 g/mol. The Balaban J connectivity index is 1.72. The number of hydrogen-bond donors (Lipinski definition) is 2. The van der Waals surface area contributed by atoms with Crippen LogP contribution in [0.3, 0.4) is 0 Å². The maximum Gasteiger partial charge on any atom is 0.119 e. The van der Waals surface area contributed by atoms with Crippen LogP contribution in [0.4, 0.5) is 5.69 Å². The highest BCUT2D eigenvalue weighted by molar-refractivity contribution is 7.99. The Bertz CT molecular complexity index is 487. The molecule has 0 spiro atoms. The topological polar surface area (TPSA) is 55.5 Å². The van der Waals surface area contributed by atoms with Gasteiger partial charge in [0.25, 0.3) is 0 Å². The molecule has 0 aromatic heterocycles. The summed E-state index contributed by atoms with van der Waals surface area (Å²) in [5.41, 5.74) is 6.29. The minimum Gasteiger partial charge on any atom is -0.491 e. The zero-order valence-electron chi connectivity index (χ0n) is 10.5. The highest BCUT2D eigenvalue weighted by atomic mass is 32.2. The number of anilines is 1. The van der Waals surface area contributed by atoms with Crippen LogP contribution in [0.1, 0.15) is 0 Å². The van der Waals surface area contributed by atoms with Crippen molar-refractivity contribution < 1.29 is 9.84 Å². The van der Waals surface area contributed by atoms with Crippen molar-refractivity contribution in [2.24, 2.45) is 0 Å². The molecule has 1 unspecified atom stereocenters. The Hall–Kier alpha value is -1.65. The third-order valence-corrected chi connectivity index (χ3v) is 3.67. The largest absolute Gasteiger partial charge is 0.491 e. The fraction of sp³-hybridized carbons (Fsp3) is 0.200. The molecule has 100 valence electrons. The summed E-state index contributed by atoms with van der Waals surface area (Å²) in [7, 11) is 0. The molecule has 0 aliphatic rings. The Morgan fingerprint density at radius 3 is 2.42 bits per heavy atom. The number of nitrogen functional groups attached to an aromatic ring is 1. The first-order valence-electron chi connectivity index (χ1n) is 6.08. The third kappa shape index (κ3) is 4.85. The maximum absolute atomic E-state index is 9.86. The molecule has 1 atom stereocenters. The van der Waals surface area contributed by atoms with Gasteiger partial charge in [-0.2, -0.15) is 0 Å². The Morgan fingerprint density at radius 2 is 1.74 bits per heavy atom. The summed E-state index contributed by atoms with van der Waals surface area (Å²) in [5, 5.41) is 9.86. The molecule has 0 saturated heterocycles. The molecule has 2 aromatic carbocycles. The SMILES string of the molecule is Nc1ccc(OCC(O)CSc2ccccc2)cc1. The minimum absolute atomic E-state index is 0.281. The van der Waals surface area contributed by atoms with Crippen molar-refractivity contribution in [3.63, 3.8) is 0 Å². The third-order valence-electron chi connectivity index (χ3n) is 2.51. The van der Waals surface area contributed by atoms with Crippen molar-refractivity contribution in [3.05, 3.63) is 54.6 Å². The highest BCUT2D eigenvalue weighted by Gasteiger charge is 2.06. The fourth-order valence-corrected chi connectivity index (χ4v) is 2.34. The van der Waals surface area contributed by atoms with E-state index in [-0.39, 0.29) is 6.61 Å². The lowest BCUT2D eigenvalue weighted by Crippen LogP contribution is -2.20. The summed E-state index contributed by atoms with van der Waals surface area (Å²) >= 11 is 1.62. The van der Waals surface area contributed by atoms with E-state index in [0.717, 1.165) is 10.6 Å². The lowest BCUT2D eigenvalue weighted by Gasteiger charge is -2.12. The number of aliphatic hydroxyl groups excluding tert-OH is 1. The molecular formula is C15H17NO2S. The Kier molecular flexibility index (Phi) is 5.12. The monoisotopic (exact) mass is 275 g/mol. The van der Waals surface area contributed by atoms with Gasteiger partial charge in [0.15, 0.2) is 0 Å². The predicted molar refractivity (Wildman–Crippen MR) is 79.5 cm³/mol. The van der Waals surface area contributed by atoms with Gasteiger partial charge in [0.2, 0.25) is 0 Å². The van der Waals surface area contributed by atoms with E-state index in [1.54, 1.807) is 36.0 Å². The normalized spacial score (nSPS) is 12.1. The minimum atomic E-state index is -0.497. The number of hydrogen-bond acceptors (Lipinski definition) is 4. The molecule has 19 heavy (non-hydrogen) atoms. The van der Waals surface area contributed by atoms with E-state index in [1.807, 2.05) is 30.3 Å². The molecule has 2 aromatic rings. The molecular weight excluding hydrogens is 258 g/mol. The van der Waals surface area contributed by atoms with Crippen LogP contribution in [0, 0.1) is 0 Å². The summed E-state index contributed by atoms with van der Waals surface area (Å²) in [6, 6.07) is 17.2. The smallest absolute Gasteiger partial charge is 0.119 e. The second-order valence-electron chi connectivity index (χ2n) is 4.16. The number of thioether (sulfide) groups is 1. The highest BCUT2D eigenvalue weighted by Crippen LogP contribution is 2.18. The predicted octanol–water partition coefficient (Wildman–Crippen LogP) is 2.80. The molecule has 0 heterocycles.